The predicted octanol–water partition coefficient (Wildman–Crippen LogP) is 1.92. The lowest BCUT2D eigenvalue weighted by atomic mass is 10.1. The Morgan fingerprint density at radius 2 is 2.29 bits per heavy atom. The van der Waals surface area contributed by atoms with Crippen LogP contribution in [0.2, 0.25) is 0 Å². The standard InChI is InChI=1S/C16H24N2O3/c1-17(11-14-5-4-8-18(14)2)10-13-9-12(16(19)20)6-7-15(13)21-3/h6-7,9,14H,4-5,8,10-11H2,1-3H3,(H,19,20). The highest BCUT2D eigenvalue weighted by Crippen LogP contribution is 2.22. The van der Waals surface area contributed by atoms with Gasteiger partial charge in [-0.3, -0.25) is 0 Å². The van der Waals surface area contributed by atoms with Gasteiger partial charge in [0, 0.05) is 24.7 Å². The maximum absolute atomic E-state index is 11.1. The Labute approximate surface area is 126 Å². The zero-order chi connectivity index (χ0) is 15.4. The van der Waals surface area contributed by atoms with Gasteiger partial charge in [-0.2, -0.15) is 0 Å². The smallest absolute Gasteiger partial charge is 0.335 e. The molecule has 1 atom stereocenters. The summed E-state index contributed by atoms with van der Waals surface area (Å²) in [5, 5.41) is 9.11. The molecule has 2 rings (SSSR count). The number of aromatic carboxylic acids is 1. The predicted molar refractivity (Wildman–Crippen MR) is 81.9 cm³/mol. The third-order valence-corrected chi connectivity index (χ3v) is 4.16. The van der Waals surface area contributed by atoms with Crippen LogP contribution in [0.5, 0.6) is 5.75 Å². The molecule has 0 amide bonds. The van der Waals surface area contributed by atoms with Gasteiger partial charge in [-0.15, -0.1) is 0 Å². The average Bonchev–Trinajstić information content (AvgIpc) is 2.84. The van der Waals surface area contributed by atoms with E-state index in [0.717, 1.165) is 24.4 Å². The molecular weight excluding hydrogens is 268 g/mol. The third kappa shape index (κ3) is 3.95. The number of carbonyl (C=O) groups is 1. The molecule has 5 heteroatoms. The summed E-state index contributed by atoms with van der Waals surface area (Å²) >= 11 is 0. The minimum absolute atomic E-state index is 0.303. The van der Waals surface area contributed by atoms with Crippen molar-refractivity contribution in [3.05, 3.63) is 29.3 Å². The van der Waals surface area contributed by atoms with Crippen molar-refractivity contribution in [2.24, 2.45) is 0 Å². The van der Waals surface area contributed by atoms with Gasteiger partial charge in [0.2, 0.25) is 0 Å². The van der Waals surface area contributed by atoms with Gasteiger partial charge < -0.3 is 19.6 Å². The molecule has 21 heavy (non-hydrogen) atoms. The van der Waals surface area contributed by atoms with Gasteiger partial charge in [0.05, 0.1) is 12.7 Å². The number of nitrogens with zero attached hydrogens (tertiary/aromatic N) is 2. The molecule has 1 saturated heterocycles. The van der Waals surface area contributed by atoms with E-state index in [4.69, 9.17) is 9.84 Å². The summed E-state index contributed by atoms with van der Waals surface area (Å²) in [5.41, 5.74) is 1.22. The number of hydrogen-bond donors (Lipinski definition) is 1. The lowest BCUT2D eigenvalue weighted by Gasteiger charge is -2.26. The van der Waals surface area contributed by atoms with E-state index in [1.165, 1.54) is 12.8 Å². The molecule has 0 saturated carbocycles. The van der Waals surface area contributed by atoms with Crippen molar-refractivity contribution in [2.45, 2.75) is 25.4 Å². The second-order valence-corrected chi connectivity index (χ2v) is 5.81. The molecular formula is C16H24N2O3. The van der Waals surface area contributed by atoms with Gasteiger partial charge in [0.1, 0.15) is 5.75 Å². The van der Waals surface area contributed by atoms with E-state index >= 15 is 0 Å². The Kier molecular flexibility index (Phi) is 5.20. The van der Waals surface area contributed by atoms with Crippen molar-refractivity contribution in [3.63, 3.8) is 0 Å². The summed E-state index contributed by atoms with van der Waals surface area (Å²) in [5.74, 6) is -0.163. The number of likely N-dealkylation sites (tertiary alicyclic amines) is 1. The molecule has 0 aromatic heterocycles. The second kappa shape index (κ2) is 6.91. The molecule has 1 heterocycles. The molecule has 1 fully saturated rings. The van der Waals surface area contributed by atoms with Crippen LogP contribution in [0.15, 0.2) is 18.2 Å². The van der Waals surface area contributed by atoms with Crippen LogP contribution in [-0.4, -0.2) is 61.2 Å². The van der Waals surface area contributed by atoms with Crippen LogP contribution in [0.4, 0.5) is 0 Å². The van der Waals surface area contributed by atoms with Crippen LogP contribution in [0.25, 0.3) is 0 Å². The highest BCUT2D eigenvalue weighted by molar-refractivity contribution is 5.88. The van der Waals surface area contributed by atoms with Gasteiger partial charge in [-0.1, -0.05) is 0 Å². The largest absolute Gasteiger partial charge is 0.496 e. The summed E-state index contributed by atoms with van der Waals surface area (Å²) in [6.45, 7) is 2.84. The van der Waals surface area contributed by atoms with E-state index < -0.39 is 5.97 Å². The SMILES string of the molecule is COc1ccc(C(=O)O)cc1CN(C)CC1CCCN1C. The van der Waals surface area contributed by atoms with Crippen LogP contribution in [-0.2, 0) is 6.54 Å². The first-order valence-electron chi connectivity index (χ1n) is 7.30. The van der Waals surface area contributed by atoms with E-state index in [0.29, 0.717) is 18.2 Å². The fraction of sp³-hybridized carbons (Fsp3) is 0.562. The lowest BCUT2D eigenvalue weighted by Crippen LogP contribution is -2.36. The summed E-state index contributed by atoms with van der Waals surface area (Å²) in [7, 11) is 5.85. The maximum Gasteiger partial charge on any atom is 0.335 e. The third-order valence-electron chi connectivity index (χ3n) is 4.16. The molecule has 0 bridgehead atoms. The molecule has 1 unspecified atom stereocenters. The van der Waals surface area contributed by atoms with Crippen LogP contribution >= 0.6 is 0 Å². The Morgan fingerprint density at radius 3 is 2.86 bits per heavy atom. The van der Waals surface area contributed by atoms with Crippen molar-refractivity contribution in [1.82, 2.24) is 9.80 Å². The summed E-state index contributed by atoms with van der Waals surface area (Å²) in [6, 6.07) is 5.60. The molecule has 1 aromatic carbocycles. The van der Waals surface area contributed by atoms with Crippen LogP contribution in [0.1, 0.15) is 28.8 Å². The average molecular weight is 292 g/mol. The first-order valence-corrected chi connectivity index (χ1v) is 7.30. The number of rotatable bonds is 6. The molecule has 1 aliphatic heterocycles. The van der Waals surface area contributed by atoms with E-state index in [1.54, 1.807) is 25.3 Å². The van der Waals surface area contributed by atoms with Gasteiger partial charge in [-0.25, -0.2) is 4.79 Å². The molecule has 5 nitrogen and oxygen atoms in total. The Bertz CT molecular complexity index is 504. The van der Waals surface area contributed by atoms with Crippen molar-refractivity contribution in [1.29, 1.82) is 0 Å². The number of likely N-dealkylation sites (N-methyl/N-ethyl adjacent to an activating group) is 2. The van der Waals surface area contributed by atoms with Gasteiger partial charge in [0.25, 0.3) is 0 Å². The summed E-state index contributed by atoms with van der Waals surface area (Å²) in [4.78, 5) is 15.7. The number of carboxylic acids is 1. The maximum atomic E-state index is 11.1. The summed E-state index contributed by atoms with van der Waals surface area (Å²) < 4.78 is 5.34. The van der Waals surface area contributed by atoms with Crippen molar-refractivity contribution < 1.29 is 14.6 Å². The molecule has 0 spiro atoms. The zero-order valence-corrected chi connectivity index (χ0v) is 13.0. The second-order valence-electron chi connectivity index (χ2n) is 5.81. The van der Waals surface area contributed by atoms with E-state index in [9.17, 15) is 4.79 Å². The van der Waals surface area contributed by atoms with E-state index in [1.807, 2.05) is 0 Å². The molecule has 0 radical (unpaired) electrons. The Morgan fingerprint density at radius 1 is 1.52 bits per heavy atom. The van der Waals surface area contributed by atoms with Crippen molar-refractivity contribution >= 4 is 5.97 Å². The Balaban J connectivity index is 2.06. The van der Waals surface area contributed by atoms with Gasteiger partial charge in [-0.05, 0) is 51.7 Å². The monoisotopic (exact) mass is 292 g/mol. The van der Waals surface area contributed by atoms with Crippen LogP contribution < -0.4 is 4.74 Å². The van der Waals surface area contributed by atoms with Gasteiger partial charge >= 0.3 is 5.97 Å². The minimum Gasteiger partial charge on any atom is -0.496 e. The molecule has 1 aliphatic rings. The lowest BCUT2D eigenvalue weighted by molar-refractivity contribution is 0.0696. The number of methoxy groups -OCH3 is 1. The van der Waals surface area contributed by atoms with Crippen molar-refractivity contribution in [3.8, 4) is 5.75 Å². The quantitative estimate of drug-likeness (QED) is 0.868. The van der Waals surface area contributed by atoms with E-state index in [-0.39, 0.29) is 0 Å². The fourth-order valence-electron chi connectivity index (χ4n) is 2.96. The Hall–Kier alpha value is -1.59. The van der Waals surface area contributed by atoms with Crippen LogP contribution in [0.3, 0.4) is 0 Å². The van der Waals surface area contributed by atoms with Crippen LogP contribution in [0, 0.1) is 0 Å². The summed E-state index contributed by atoms with van der Waals surface area (Å²) in [6.07, 6.45) is 2.49. The molecule has 116 valence electrons. The number of hydrogen-bond acceptors (Lipinski definition) is 4. The zero-order valence-electron chi connectivity index (χ0n) is 13.0. The highest BCUT2D eigenvalue weighted by atomic mass is 16.5. The molecule has 1 aromatic rings. The number of carboxylic acid groups (broad SMARTS) is 1. The molecule has 1 N–H and O–H groups in total. The minimum atomic E-state index is -0.905. The first kappa shape index (κ1) is 15.8. The molecule has 0 aliphatic carbocycles. The van der Waals surface area contributed by atoms with Gasteiger partial charge in [0.15, 0.2) is 0 Å². The normalized spacial score (nSPS) is 19.1. The first-order chi connectivity index (χ1) is 10.0. The van der Waals surface area contributed by atoms with Crippen molar-refractivity contribution in [2.75, 3.05) is 34.3 Å². The fourth-order valence-corrected chi connectivity index (χ4v) is 2.96. The number of ether oxygens (including phenoxy) is 1. The number of benzene rings is 1. The highest BCUT2D eigenvalue weighted by Gasteiger charge is 2.22. The van der Waals surface area contributed by atoms with E-state index in [2.05, 4.69) is 23.9 Å². The topological polar surface area (TPSA) is 53.0 Å².